The van der Waals surface area contributed by atoms with Gasteiger partial charge in [0, 0.05) is 0 Å². The van der Waals surface area contributed by atoms with Crippen LogP contribution in [0, 0.1) is 12.5 Å². The molecule has 2 nitrogen and oxygen atoms in total. The van der Waals surface area contributed by atoms with Crippen LogP contribution in [0.5, 0.6) is 0 Å². The van der Waals surface area contributed by atoms with Gasteiger partial charge in [0.2, 0.25) is 6.54 Å². The predicted octanol–water partition coefficient (Wildman–Crippen LogP) is 1.31. The summed E-state index contributed by atoms with van der Waals surface area (Å²) in [6, 6.07) is 0. The first kappa shape index (κ1) is 8.45. The molecule has 0 radical (unpaired) electrons. The van der Waals surface area contributed by atoms with E-state index >= 15 is 0 Å². The number of hydrogen-bond donors (Lipinski definition) is 1. The van der Waals surface area contributed by atoms with E-state index in [9.17, 15) is 0 Å². The molecule has 0 spiro atoms. The van der Waals surface area contributed by atoms with E-state index in [1.165, 1.54) is 0 Å². The minimum absolute atomic E-state index is 0.163. The lowest BCUT2D eigenvalue weighted by molar-refractivity contribution is 0.227. The van der Waals surface area contributed by atoms with Crippen molar-refractivity contribution in [2.24, 2.45) is 5.92 Å². The van der Waals surface area contributed by atoms with Gasteiger partial charge in [0.15, 0.2) is 0 Å². The van der Waals surface area contributed by atoms with Crippen LogP contribution in [0.3, 0.4) is 0 Å². The van der Waals surface area contributed by atoms with Gasteiger partial charge in [-0.25, -0.2) is 6.57 Å². The Morgan fingerprint density at radius 3 is 2.67 bits per heavy atom. The Morgan fingerprint density at radius 1 is 1.67 bits per heavy atom. The summed E-state index contributed by atoms with van der Waals surface area (Å²) in [5.41, 5.74) is 0. The highest BCUT2D eigenvalue weighted by Crippen LogP contribution is 2.04. The molecule has 0 saturated heterocycles. The molecular weight excluding hydrogens is 114 g/mol. The zero-order valence-electron chi connectivity index (χ0n) is 5.80. The van der Waals surface area contributed by atoms with Gasteiger partial charge >= 0.3 is 0 Å². The lowest BCUT2D eigenvalue weighted by atomic mass is 10.1. The van der Waals surface area contributed by atoms with E-state index in [2.05, 4.69) is 11.8 Å². The van der Waals surface area contributed by atoms with E-state index in [0.29, 0.717) is 6.54 Å². The molecule has 0 amide bonds. The highest BCUT2D eigenvalue weighted by molar-refractivity contribution is 4.68. The van der Waals surface area contributed by atoms with Crippen molar-refractivity contribution in [3.05, 3.63) is 11.4 Å². The van der Waals surface area contributed by atoms with Crippen LogP contribution in [-0.4, -0.2) is 18.3 Å². The highest BCUT2D eigenvalue weighted by Gasteiger charge is 2.07. The van der Waals surface area contributed by atoms with Gasteiger partial charge in [-0.2, -0.15) is 0 Å². The number of aliphatic hydroxyl groups excluding tert-OH is 1. The second-order valence-electron chi connectivity index (χ2n) is 2.18. The third-order valence-electron chi connectivity index (χ3n) is 1.30. The third-order valence-corrected chi connectivity index (χ3v) is 1.30. The largest absolute Gasteiger partial charge is 0.396 e. The summed E-state index contributed by atoms with van der Waals surface area (Å²) in [4.78, 5) is 3.22. The van der Waals surface area contributed by atoms with Gasteiger partial charge in [-0.3, -0.25) is 0 Å². The Kier molecular flexibility index (Phi) is 5.24. The average molecular weight is 127 g/mol. The summed E-state index contributed by atoms with van der Waals surface area (Å²) in [7, 11) is 0. The highest BCUT2D eigenvalue weighted by atomic mass is 16.3. The summed E-state index contributed by atoms with van der Waals surface area (Å²) in [6.07, 6.45) is 2.03. The molecule has 0 rings (SSSR count). The SMILES string of the molecule is [C-]#[N+]C[C@H](CO)CCC. The number of nitrogens with zero attached hydrogens (tertiary/aromatic N) is 1. The van der Waals surface area contributed by atoms with Gasteiger partial charge in [-0.15, -0.1) is 0 Å². The van der Waals surface area contributed by atoms with Crippen molar-refractivity contribution in [2.75, 3.05) is 13.2 Å². The maximum atomic E-state index is 8.64. The Morgan fingerprint density at radius 2 is 2.33 bits per heavy atom. The Bertz CT molecular complexity index is 95.6. The van der Waals surface area contributed by atoms with Crippen molar-refractivity contribution in [3.8, 4) is 0 Å². The van der Waals surface area contributed by atoms with E-state index in [1.807, 2.05) is 0 Å². The van der Waals surface area contributed by atoms with Gasteiger partial charge in [0.25, 0.3) is 0 Å². The third kappa shape index (κ3) is 3.99. The summed E-state index contributed by atoms with van der Waals surface area (Å²) in [6.45, 7) is 9.23. The number of aliphatic hydroxyl groups is 1. The normalized spacial score (nSPS) is 12.6. The molecule has 0 aromatic heterocycles. The molecule has 0 aliphatic rings. The first-order valence-electron chi connectivity index (χ1n) is 3.29. The second kappa shape index (κ2) is 5.58. The molecule has 0 heterocycles. The predicted molar refractivity (Wildman–Crippen MR) is 37.0 cm³/mol. The van der Waals surface area contributed by atoms with E-state index < -0.39 is 0 Å². The fraction of sp³-hybridized carbons (Fsp3) is 0.857. The van der Waals surface area contributed by atoms with Crippen LogP contribution in [0.2, 0.25) is 0 Å². The summed E-state index contributed by atoms with van der Waals surface area (Å²) >= 11 is 0. The van der Waals surface area contributed by atoms with Crippen molar-refractivity contribution in [1.82, 2.24) is 0 Å². The van der Waals surface area contributed by atoms with Crippen molar-refractivity contribution in [2.45, 2.75) is 19.8 Å². The van der Waals surface area contributed by atoms with Crippen LogP contribution in [-0.2, 0) is 0 Å². The summed E-state index contributed by atoms with van der Waals surface area (Å²) < 4.78 is 0. The number of hydrogen-bond acceptors (Lipinski definition) is 1. The van der Waals surface area contributed by atoms with Gasteiger partial charge < -0.3 is 9.95 Å². The molecule has 0 bridgehead atoms. The second-order valence-corrected chi connectivity index (χ2v) is 2.18. The monoisotopic (exact) mass is 127 g/mol. The molecule has 0 aliphatic carbocycles. The van der Waals surface area contributed by atoms with E-state index in [-0.39, 0.29) is 12.5 Å². The molecule has 0 aromatic rings. The number of rotatable bonds is 4. The lowest BCUT2D eigenvalue weighted by Crippen LogP contribution is -2.07. The van der Waals surface area contributed by atoms with Crippen LogP contribution in [0.4, 0.5) is 0 Å². The van der Waals surface area contributed by atoms with Crippen LogP contribution >= 0.6 is 0 Å². The molecule has 0 aliphatic heterocycles. The van der Waals surface area contributed by atoms with Crippen LogP contribution < -0.4 is 0 Å². The zero-order valence-corrected chi connectivity index (χ0v) is 5.80. The Balaban J connectivity index is 3.32. The quantitative estimate of drug-likeness (QED) is 0.566. The zero-order chi connectivity index (χ0) is 7.11. The minimum Gasteiger partial charge on any atom is -0.396 e. The van der Waals surface area contributed by atoms with Crippen molar-refractivity contribution in [1.29, 1.82) is 0 Å². The molecule has 1 atom stereocenters. The maximum absolute atomic E-state index is 8.64. The molecule has 0 aromatic carbocycles. The standard InChI is InChI=1S/C7H13NO/c1-3-4-7(6-9)5-8-2/h7,9H,3-6H2,1H3/t7-/m1/s1. The van der Waals surface area contributed by atoms with E-state index in [1.54, 1.807) is 0 Å². The van der Waals surface area contributed by atoms with E-state index in [4.69, 9.17) is 11.7 Å². The average Bonchev–Trinajstić information content (AvgIpc) is 1.88. The van der Waals surface area contributed by atoms with Gasteiger partial charge in [0.05, 0.1) is 12.5 Å². The van der Waals surface area contributed by atoms with Crippen molar-refractivity contribution in [3.63, 3.8) is 0 Å². The first-order valence-corrected chi connectivity index (χ1v) is 3.29. The molecule has 0 saturated carbocycles. The van der Waals surface area contributed by atoms with Gasteiger partial charge in [-0.05, 0) is 6.42 Å². The molecule has 0 unspecified atom stereocenters. The van der Waals surface area contributed by atoms with Crippen LogP contribution in [0.25, 0.3) is 4.85 Å². The van der Waals surface area contributed by atoms with Crippen molar-refractivity contribution >= 4 is 0 Å². The van der Waals surface area contributed by atoms with Gasteiger partial charge in [0.1, 0.15) is 0 Å². The fourth-order valence-corrected chi connectivity index (χ4v) is 0.778. The molecule has 52 valence electrons. The molecule has 2 heteroatoms. The van der Waals surface area contributed by atoms with Crippen molar-refractivity contribution < 1.29 is 5.11 Å². The first-order chi connectivity index (χ1) is 4.35. The molecular formula is C7H13NO. The smallest absolute Gasteiger partial charge is 0.219 e. The van der Waals surface area contributed by atoms with Gasteiger partial charge in [-0.1, -0.05) is 13.3 Å². The topological polar surface area (TPSA) is 24.6 Å². The molecule has 0 fully saturated rings. The fourth-order valence-electron chi connectivity index (χ4n) is 0.778. The Hall–Kier alpha value is -0.550. The lowest BCUT2D eigenvalue weighted by Gasteiger charge is -2.03. The summed E-state index contributed by atoms with van der Waals surface area (Å²) in [5.74, 6) is 0.215. The molecule has 1 N–H and O–H groups in total. The maximum Gasteiger partial charge on any atom is 0.219 e. The summed E-state index contributed by atoms with van der Waals surface area (Å²) in [5, 5.41) is 8.64. The van der Waals surface area contributed by atoms with Crippen LogP contribution in [0.15, 0.2) is 0 Å². The molecule has 9 heavy (non-hydrogen) atoms. The van der Waals surface area contributed by atoms with E-state index in [0.717, 1.165) is 12.8 Å². The Labute approximate surface area is 56.3 Å². The minimum atomic E-state index is 0.163. The van der Waals surface area contributed by atoms with Crippen LogP contribution in [0.1, 0.15) is 19.8 Å².